The summed E-state index contributed by atoms with van der Waals surface area (Å²) in [5.41, 5.74) is 4.93. The lowest BCUT2D eigenvalue weighted by molar-refractivity contribution is -0.299. The lowest BCUT2D eigenvalue weighted by Gasteiger charge is -2.25. The van der Waals surface area contributed by atoms with Crippen molar-refractivity contribution in [3.05, 3.63) is 28.8 Å². The first kappa shape index (κ1) is 16.8. The molecule has 0 spiro atoms. The number of benzene rings is 1. The summed E-state index contributed by atoms with van der Waals surface area (Å²) in [7, 11) is 0. The van der Waals surface area contributed by atoms with Crippen LogP contribution in [0.1, 0.15) is 5.56 Å². The van der Waals surface area contributed by atoms with E-state index >= 15 is 0 Å². The topological polar surface area (TPSA) is 35.2 Å². The summed E-state index contributed by atoms with van der Waals surface area (Å²) in [6.07, 6.45) is -15.3. The zero-order chi connectivity index (χ0) is 15.7. The van der Waals surface area contributed by atoms with Crippen molar-refractivity contribution in [3.8, 4) is 5.75 Å². The van der Waals surface area contributed by atoms with E-state index in [1.165, 1.54) is 6.07 Å². The van der Waals surface area contributed by atoms with Crippen LogP contribution < -0.4 is 10.5 Å². The van der Waals surface area contributed by atoms with Crippen molar-refractivity contribution in [1.82, 2.24) is 0 Å². The van der Waals surface area contributed by atoms with Gasteiger partial charge in [-0.2, -0.15) is 26.3 Å². The first-order chi connectivity index (χ1) is 8.93. The first-order valence-electron chi connectivity index (χ1n) is 4.82. The van der Waals surface area contributed by atoms with Crippen LogP contribution in [0.2, 0.25) is 5.02 Å². The predicted octanol–water partition coefficient (Wildman–Crippen LogP) is 3.85. The molecule has 0 radical (unpaired) electrons. The smallest absolute Gasteiger partial charge is 0.434 e. The summed E-state index contributed by atoms with van der Waals surface area (Å²) in [6, 6.07) is 3.06. The predicted molar refractivity (Wildman–Crippen MR) is 63.9 cm³/mol. The number of ether oxygens (including phenoxy) is 1. The van der Waals surface area contributed by atoms with Gasteiger partial charge in [0, 0.05) is 5.02 Å². The van der Waals surface area contributed by atoms with E-state index in [1.807, 2.05) is 0 Å². The van der Waals surface area contributed by atoms with E-state index in [1.54, 1.807) is 0 Å². The van der Waals surface area contributed by atoms with E-state index in [9.17, 15) is 26.3 Å². The van der Waals surface area contributed by atoms with Gasteiger partial charge in [-0.15, -0.1) is 0 Å². The molecule has 10 heteroatoms. The second kappa shape index (κ2) is 5.65. The number of rotatable bonds is 3. The van der Waals surface area contributed by atoms with Crippen LogP contribution in [0.4, 0.5) is 26.3 Å². The SMILES string of the molecule is NC(=S)c1ccc(Cl)cc1OC(C(F)(F)F)C(F)(F)F. The summed E-state index contributed by atoms with van der Waals surface area (Å²) in [6.45, 7) is 0. The Kier molecular flexibility index (Phi) is 4.75. The molecule has 0 unspecified atom stereocenters. The molecular weight excluding hydrogens is 332 g/mol. The van der Waals surface area contributed by atoms with Crippen LogP contribution in [0.25, 0.3) is 0 Å². The molecule has 0 aromatic heterocycles. The maximum Gasteiger partial charge on any atom is 0.434 e. The average molecular weight is 338 g/mol. The van der Waals surface area contributed by atoms with E-state index in [0.717, 1.165) is 12.1 Å². The second-order valence-corrected chi connectivity index (χ2v) is 4.46. The van der Waals surface area contributed by atoms with Crippen LogP contribution in [0, 0.1) is 0 Å². The van der Waals surface area contributed by atoms with Gasteiger partial charge in [-0.05, 0) is 18.2 Å². The van der Waals surface area contributed by atoms with Gasteiger partial charge < -0.3 is 10.5 Å². The van der Waals surface area contributed by atoms with Crippen molar-refractivity contribution >= 4 is 28.8 Å². The monoisotopic (exact) mass is 337 g/mol. The van der Waals surface area contributed by atoms with Crippen molar-refractivity contribution in [2.45, 2.75) is 18.5 Å². The molecule has 0 fully saturated rings. The molecule has 0 saturated carbocycles. The van der Waals surface area contributed by atoms with Crippen LogP contribution in [-0.4, -0.2) is 23.4 Å². The second-order valence-electron chi connectivity index (χ2n) is 3.59. The van der Waals surface area contributed by atoms with Crippen LogP contribution >= 0.6 is 23.8 Å². The minimum absolute atomic E-state index is 0.122. The van der Waals surface area contributed by atoms with E-state index in [-0.39, 0.29) is 10.6 Å². The normalized spacial score (nSPS) is 12.6. The number of hydrogen-bond donors (Lipinski definition) is 1. The van der Waals surface area contributed by atoms with E-state index in [0.29, 0.717) is 0 Å². The third-order valence-electron chi connectivity index (χ3n) is 2.05. The zero-order valence-corrected chi connectivity index (χ0v) is 10.9. The first-order valence-corrected chi connectivity index (χ1v) is 5.61. The van der Waals surface area contributed by atoms with Gasteiger partial charge in [0.15, 0.2) is 0 Å². The molecule has 0 amide bonds. The van der Waals surface area contributed by atoms with Gasteiger partial charge in [-0.25, -0.2) is 0 Å². The minimum atomic E-state index is -5.64. The molecule has 0 aliphatic carbocycles. The van der Waals surface area contributed by atoms with Crippen LogP contribution in [-0.2, 0) is 0 Å². The molecule has 1 rings (SSSR count). The third kappa shape index (κ3) is 4.14. The molecule has 2 nitrogen and oxygen atoms in total. The highest BCUT2D eigenvalue weighted by atomic mass is 35.5. The number of halogens is 7. The number of nitrogens with two attached hydrogens (primary N) is 1. The van der Waals surface area contributed by atoms with Gasteiger partial charge in [0.2, 0.25) is 0 Å². The quantitative estimate of drug-likeness (QED) is 0.672. The Morgan fingerprint density at radius 3 is 2.05 bits per heavy atom. The minimum Gasteiger partial charge on any atom is -0.471 e. The number of alkyl halides is 6. The van der Waals surface area contributed by atoms with Gasteiger partial charge in [-0.3, -0.25) is 0 Å². The van der Waals surface area contributed by atoms with Gasteiger partial charge >= 0.3 is 12.4 Å². The summed E-state index contributed by atoms with van der Waals surface area (Å²) in [4.78, 5) is -0.417. The van der Waals surface area contributed by atoms with Crippen LogP contribution in [0.5, 0.6) is 5.75 Å². The van der Waals surface area contributed by atoms with Gasteiger partial charge in [0.05, 0.1) is 5.56 Å². The Morgan fingerprint density at radius 1 is 1.15 bits per heavy atom. The number of hydrogen-bond acceptors (Lipinski definition) is 2. The molecule has 112 valence electrons. The maximum absolute atomic E-state index is 12.4. The molecule has 20 heavy (non-hydrogen) atoms. The molecule has 1 aromatic rings. The molecule has 2 N–H and O–H groups in total. The Hall–Kier alpha value is -1.22. The highest BCUT2D eigenvalue weighted by molar-refractivity contribution is 7.80. The lowest BCUT2D eigenvalue weighted by atomic mass is 10.2. The largest absolute Gasteiger partial charge is 0.471 e. The molecule has 0 atom stereocenters. The van der Waals surface area contributed by atoms with Crippen molar-refractivity contribution in [3.63, 3.8) is 0 Å². The Balaban J connectivity index is 3.24. The summed E-state index contributed by atoms with van der Waals surface area (Å²) < 4.78 is 78.4. The van der Waals surface area contributed by atoms with E-state index < -0.39 is 29.2 Å². The Bertz CT molecular complexity index is 501. The fraction of sp³-hybridized carbons (Fsp3) is 0.300. The van der Waals surface area contributed by atoms with Crippen molar-refractivity contribution < 1.29 is 31.1 Å². The molecule has 0 saturated heterocycles. The lowest BCUT2D eigenvalue weighted by Crippen LogP contribution is -2.46. The molecule has 0 aliphatic rings. The fourth-order valence-corrected chi connectivity index (χ4v) is 1.57. The van der Waals surface area contributed by atoms with Crippen LogP contribution in [0.15, 0.2) is 18.2 Å². The van der Waals surface area contributed by atoms with E-state index in [2.05, 4.69) is 17.0 Å². The van der Waals surface area contributed by atoms with Crippen LogP contribution in [0.3, 0.4) is 0 Å². The molecule has 0 aliphatic heterocycles. The summed E-state index contributed by atoms with van der Waals surface area (Å²) >= 11 is 10.0. The summed E-state index contributed by atoms with van der Waals surface area (Å²) in [5, 5.41) is -0.122. The zero-order valence-electron chi connectivity index (χ0n) is 9.35. The highest BCUT2D eigenvalue weighted by Gasteiger charge is 2.59. The van der Waals surface area contributed by atoms with Crippen molar-refractivity contribution in [1.29, 1.82) is 0 Å². The molecule has 0 bridgehead atoms. The standard InChI is InChI=1S/C10H6ClF6NOS/c11-4-1-2-5(7(18)20)6(3-4)19-8(9(12,13)14)10(15,16)17/h1-3,8H,(H2,18,20). The Morgan fingerprint density at radius 2 is 1.65 bits per heavy atom. The number of thiocarbonyl (C=S) groups is 1. The van der Waals surface area contributed by atoms with E-state index in [4.69, 9.17) is 17.3 Å². The average Bonchev–Trinajstić information content (AvgIpc) is 2.22. The fourth-order valence-electron chi connectivity index (χ4n) is 1.24. The Labute approximate surface area is 119 Å². The third-order valence-corrected chi connectivity index (χ3v) is 2.50. The summed E-state index contributed by atoms with van der Waals surface area (Å²) in [5.74, 6) is -0.787. The van der Waals surface area contributed by atoms with Gasteiger partial charge in [-0.1, -0.05) is 23.8 Å². The molecule has 1 aromatic carbocycles. The van der Waals surface area contributed by atoms with Crippen molar-refractivity contribution in [2.24, 2.45) is 5.73 Å². The molecular formula is C10H6ClF6NOS. The maximum atomic E-state index is 12.4. The van der Waals surface area contributed by atoms with Crippen molar-refractivity contribution in [2.75, 3.05) is 0 Å². The molecule has 0 heterocycles. The highest BCUT2D eigenvalue weighted by Crippen LogP contribution is 2.37. The van der Waals surface area contributed by atoms with Gasteiger partial charge in [0.1, 0.15) is 10.7 Å². The van der Waals surface area contributed by atoms with Gasteiger partial charge in [0.25, 0.3) is 6.10 Å².